The second-order valence-corrected chi connectivity index (χ2v) is 10.0. The first-order valence-electron chi connectivity index (χ1n) is 8.43. The monoisotopic (exact) mass is 385 g/mol. The van der Waals surface area contributed by atoms with Crippen LogP contribution in [0.2, 0.25) is 0 Å². The van der Waals surface area contributed by atoms with Gasteiger partial charge in [-0.15, -0.1) is 11.3 Å². The molecule has 138 valence electrons. The van der Waals surface area contributed by atoms with Gasteiger partial charge in [-0.2, -0.15) is 4.31 Å². The van der Waals surface area contributed by atoms with E-state index >= 15 is 0 Å². The molecule has 9 heteroatoms. The number of carbonyl (C=O) groups is 2. The quantitative estimate of drug-likeness (QED) is 0.796. The molecule has 1 aromatic heterocycles. The van der Waals surface area contributed by atoms with E-state index in [1.54, 1.807) is 0 Å². The number of likely N-dealkylation sites (tertiary alicyclic amines) is 1. The maximum Gasteiger partial charge on any atom is 0.252 e. The predicted molar refractivity (Wildman–Crippen MR) is 94.7 cm³/mol. The van der Waals surface area contributed by atoms with E-state index in [2.05, 4.69) is 0 Å². The third kappa shape index (κ3) is 3.73. The SMILES string of the molecule is CN(CC1CC(=O)N(C2CCCC2)C1)S(=O)(=O)c1cc(C(N)=O)cs1. The van der Waals surface area contributed by atoms with Gasteiger partial charge in [0.05, 0.1) is 5.56 Å². The average molecular weight is 386 g/mol. The Bertz CT molecular complexity index is 768. The molecule has 2 fully saturated rings. The molecular weight excluding hydrogens is 362 g/mol. The van der Waals surface area contributed by atoms with Crippen LogP contribution >= 0.6 is 11.3 Å². The summed E-state index contributed by atoms with van der Waals surface area (Å²) in [6.45, 7) is 0.918. The van der Waals surface area contributed by atoms with Crippen LogP contribution < -0.4 is 5.73 Å². The molecule has 2 N–H and O–H groups in total. The number of nitrogens with two attached hydrogens (primary N) is 1. The smallest absolute Gasteiger partial charge is 0.252 e. The number of nitrogens with zero attached hydrogens (tertiary/aromatic N) is 2. The van der Waals surface area contributed by atoms with Crippen molar-refractivity contribution in [1.82, 2.24) is 9.21 Å². The summed E-state index contributed by atoms with van der Waals surface area (Å²) in [6, 6.07) is 1.64. The summed E-state index contributed by atoms with van der Waals surface area (Å²) in [5, 5.41) is 1.45. The molecule has 1 unspecified atom stereocenters. The van der Waals surface area contributed by atoms with Gasteiger partial charge in [-0.3, -0.25) is 9.59 Å². The topological polar surface area (TPSA) is 101 Å². The first kappa shape index (κ1) is 18.3. The van der Waals surface area contributed by atoms with Gasteiger partial charge in [-0.1, -0.05) is 12.8 Å². The molecule has 1 aliphatic heterocycles. The minimum absolute atomic E-state index is 0.00319. The third-order valence-corrected chi connectivity index (χ3v) is 8.28. The second kappa shape index (κ2) is 7.05. The molecule has 1 atom stereocenters. The Morgan fingerprint density at radius 1 is 1.40 bits per heavy atom. The van der Waals surface area contributed by atoms with Gasteiger partial charge in [-0.25, -0.2) is 8.42 Å². The molecular formula is C16H23N3O4S2. The van der Waals surface area contributed by atoms with Crippen LogP contribution in [-0.2, 0) is 14.8 Å². The summed E-state index contributed by atoms with van der Waals surface area (Å²) in [5.41, 5.74) is 5.38. The Hall–Kier alpha value is -1.45. The van der Waals surface area contributed by atoms with E-state index in [1.807, 2.05) is 4.90 Å². The highest BCUT2D eigenvalue weighted by molar-refractivity contribution is 7.91. The predicted octanol–water partition coefficient (Wildman–Crippen LogP) is 1.26. The van der Waals surface area contributed by atoms with Crippen molar-refractivity contribution in [3.05, 3.63) is 17.0 Å². The molecule has 0 radical (unpaired) electrons. The zero-order valence-corrected chi connectivity index (χ0v) is 15.8. The number of primary amides is 1. The van der Waals surface area contributed by atoms with Crippen LogP contribution in [0.5, 0.6) is 0 Å². The lowest BCUT2D eigenvalue weighted by molar-refractivity contribution is -0.129. The lowest BCUT2D eigenvalue weighted by Gasteiger charge is -2.25. The number of amides is 2. The molecule has 1 saturated carbocycles. The van der Waals surface area contributed by atoms with E-state index in [-0.39, 0.29) is 21.6 Å². The molecule has 0 bridgehead atoms. The van der Waals surface area contributed by atoms with Gasteiger partial charge in [0, 0.05) is 38.0 Å². The molecule has 1 aromatic rings. The van der Waals surface area contributed by atoms with E-state index in [1.165, 1.54) is 22.8 Å². The largest absolute Gasteiger partial charge is 0.366 e. The number of thiophene rings is 1. The second-order valence-electron chi connectivity index (χ2n) is 6.86. The lowest BCUT2D eigenvalue weighted by atomic mass is 10.1. The lowest BCUT2D eigenvalue weighted by Crippen LogP contribution is -2.36. The summed E-state index contributed by atoms with van der Waals surface area (Å²) >= 11 is 0.985. The van der Waals surface area contributed by atoms with Crippen molar-refractivity contribution in [1.29, 1.82) is 0 Å². The highest BCUT2D eigenvalue weighted by atomic mass is 32.2. The molecule has 1 aliphatic carbocycles. The Labute approximate surface area is 151 Å². The van der Waals surface area contributed by atoms with Crippen molar-refractivity contribution in [3.63, 3.8) is 0 Å². The Morgan fingerprint density at radius 2 is 2.08 bits per heavy atom. The van der Waals surface area contributed by atoms with Gasteiger partial charge >= 0.3 is 0 Å². The zero-order chi connectivity index (χ0) is 18.2. The van der Waals surface area contributed by atoms with Crippen LogP contribution in [0.25, 0.3) is 0 Å². The summed E-state index contributed by atoms with van der Waals surface area (Å²) in [4.78, 5) is 25.4. The molecule has 1 saturated heterocycles. The molecule has 2 aliphatic rings. The van der Waals surface area contributed by atoms with Crippen molar-refractivity contribution < 1.29 is 18.0 Å². The number of carbonyl (C=O) groups excluding carboxylic acids is 2. The summed E-state index contributed by atoms with van der Waals surface area (Å²) in [6.07, 6.45) is 4.82. The minimum atomic E-state index is -3.68. The molecule has 7 nitrogen and oxygen atoms in total. The average Bonchev–Trinajstić information content (AvgIpc) is 3.27. The Kier molecular flexibility index (Phi) is 5.17. The number of rotatable bonds is 6. The number of hydrogen-bond donors (Lipinski definition) is 1. The van der Waals surface area contributed by atoms with Crippen LogP contribution in [0.4, 0.5) is 0 Å². The molecule has 25 heavy (non-hydrogen) atoms. The third-order valence-electron chi connectivity index (χ3n) is 5.04. The van der Waals surface area contributed by atoms with Crippen LogP contribution in [0.1, 0.15) is 42.5 Å². The normalized spacial score (nSPS) is 22.2. The van der Waals surface area contributed by atoms with Gasteiger partial charge in [0.15, 0.2) is 0 Å². The van der Waals surface area contributed by atoms with Gasteiger partial charge in [-0.05, 0) is 24.8 Å². The first-order chi connectivity index (χ1) is 11.8. The van der Waals surface area contributed by atoms with Crippen LogP contribution in [0.3, 0.4) is 0 Å². The van der Waals surface area contributed by atoms with E-state index < -0.39 is 15.9 Å². The molecule has 0 aromatic carbocycles. The van der Waals surface area contributed by atoms with Crippen molar-refractivity contribution in [3.8, 4) is 0 Å². The van der Waals surface area contributed by atoms with Gasteiger partial charge in [0.25, 0.3) is 10.0 Å². The Morgan fingerprint density at radius 3 is 2.68 bits per heavy atom. The van der Waals surface area contributed by atoms with Crippen molar-refractivity contribution >= 4 is 33.2 Å². The minimum Gasteiger partial charge on any atom is -0.366 e. The van der Waals surface area contributed by atoms with Gasteiger partial charge in [0.1, 0.15) is 4.21 Å². The Balaban J connectivity index is 1.65. The van der Waals surface area contributed by atoms with Crippen molar-refractivity contribution in [2.24, 2.45) is 11.7 Å². The highest BCUT2D eigenvalue weighted by Gasteiger charge is 2.37. The molecule has 0 spiro atoms. The standard InChI is InChI=1S/C16H23N3O4S2/c1-18(25(22,23)15-7-12(10-24-15)16(17)21)8-11-6-14(20)19(9-11)13-4-2-3-5-13/h7,10-11,13H,2-6,8-9H2,1H3,(H2,17,21). The van der Waals surface area contributed by atoms with Crippen LogP contribution in [-0.4, -0.2) is 55.6 Å². The maximum atomic E-state index is 12.7. The fraction of sp³-hybridized carbons (Fsp3) is 0.625. The maximum absolute atomic E-state index is 12.7. The summed E-state index contributed by atoms with van der Waals surface area (Å²) in [5.74, 6) is -0.507. The summed E-state index contributed by atoms with van der Waals surface area (Å²) < 4.78 is 26.7. The molecule has 3 rings (SSSR count). The fourth-order valence-corrected chi connectivity index (χ4v) is 6.32. The van der Waals surface area contributed by atoms with Crippen molar-refractivity contribution in [2.75, 3.05) is 20.1 Å². The van der Waals surface area contributed by atoms with E-state index in [0.29, 0.717) is 25.6 Å². The zero-order valence-electron chi connectivity index (χ0n) is 14.2. The van der Waals surface area contributed by atoms with Gasteiger partial charge in [0.2, 0.25) is 11.8 Å². The van der Waals surface area contributed by atoms with Crippen LogP contribution in [0.15, 0.2) is 15.7 Å². The van der Waals surface area contributed by atoms with Gasteiger partial charge < -0.3 is 10.6 Å². The van der Waals surface area contributed by atoms with E-state index in [9.17, 15) is 18.0 Å². The molecule has 2 heterocycles. The first-order valence-corrected chi connectivity index (χ1v) is 10.7. The van der Waals surface area contributed by atoms with E-state index in [4.69, 9.17) is 5.73 Å². The number of sulfonamides is 1. The van der Waals surface area contributed by atoms with Crippen LogP contribution in [0, 0.1) is 5.92 Å². The highest BCUT2D eigenvalue weighted by Crippen LogP contribution is 2.31. The molecule has 2 amide bonds. The van der Waals surface area contributed by atoms with E-state index in [0.717, 1.165) is 37.0 Å². The fourth-order valence-electron chi connectivity index (χ4n) is 3.70. The summed E-state index contributed by atoms with van der Waals surface area (Å²) in [7, 11) is -2.16. The van der Waals surface area contributed by atoms with Crippen molar-refractivity contribution in [2.45, 2.75) is 42.4 Å². The number of hydrogen-bond acceptors (Lipinski definition) is 5.